The zero-order valence-corrected chi connectivity index (χ0v) is 16.5. The first-order valence-electron chi connectivity index (χ1n) is 9.54. The van der Waals surface area contributed by atoms with Gasteiger partial charge in [0.25, 0.3) is 0 Å². The molecule has 0 saturated carbocycles. The molecule has 0 fully saturated rings. The number of esters is 1. The zero-order chi connectivity index (χ0) is 20.2. The fourth-order valence-electron chi connectivity index (χ4n) is 2.47. The van der Waals surface area contributed by atoms with Gasteiger partial charge in [0, 0.05) is 0 Å². The average Bonchev–Trinajstić information content (AvgIpc) is 2.71. The van der Waals surface area contributed by atoms with Crippen molar-refractivity contribution in [1.82, 2.24) is 0 Å². The second kappa shape index (κ2) is 11.7. The van der Waals surface area contributed by atoms with Crippen molar-refractivity contribution in [1.29, 1.82) is 0 Å². The van der Waals surface area contributed by atoms with Crippen LogP contribution in [0.3, 0.4) is 0 Å². The summed E-state index contributed by atoms with van der Waals surface area (Å²) >= 11 is 0. The van der Waals surface area contributed by atoms with E-state index in [1.165, 1.54) is 0 Å². The predicted octanol–water partition coefficient (Wildman–Crippen LogP) is 5.87. The molecule has 0 bridgehead atoms. The highest BCUT2D eigenvalue weighted by molar-refractivity contribution is 5.91. The van der Waals surface area contributed by atoms with E-state index in [1.54, 1.807) is 30.3 Å². The Bertz CT molecular complexity index is 760. The minimum atomic E-state index is -0.366. The van der Waals surface area contributed by atoms with Crippen LogP contribution in [0.5, 0.6) is 11.5 Å². The van der Waals surface area contributed by atoms with Crippen LogP contribution in [0.2, 0.25) is 0 Å². The van der Waals surface area contributed by atoms with E-state index in [0.717, 1.165) is 37.0 Å². The topological polar surface area (TPSA) is 44.8 Å². The second-order valence-corrected chi connectivity index (χ2v) is 6.51. The maximum absolute atomic E-state index is 12.1. The Hall–Kier alpha value is -3.01. The highest BCUT2D eigenvalue weighted by Gasteiger charge is 2.08. The maximum Gasteiger partial charge on any atom is 0.343 e. The van der Waals surface area contributed by atoms with Crippen LogP contribution >= 0.6 is 0 Å². The van der Waals surface area contributed by atoms with Crippen LogP contribution in [0.1, 0.15) is 41.6 Å². The Kier molecular flexibility index (Phi) is 8.86. The maximum atomic E-state index is 12.1. The lowest BCUT2D eigenvalue weighted by Gasteiger charge is -2.08. The summed E-state index contributed by atoms with van der Waals surface area (Å²) in [6.07, 6.45) is 5.75. The number of benzene rings is 2. The molecule has 4 nitrogen and oxygen atoms in total. The normalized spacial score (nSPS) is 10.2. The van der Waals surface area contributed by atoms with Gasteiger partial charge in [-0.2, -0.15) is 0 Å². The minimum absolute atomic E-state index is 0.366. The lowest BCUT2D eigenvalue weighted by Crippen LogP contribution is -2.08. The molecule has 0 unspecified atom stereocenters. The molecule has 0 radical (unpaired) electrons. The molecule has 0 amide bonds. The largest absolute Gasteiger partial charge is 0.494 e. The van der Waals surface area contributed by atoms with Gasteiger partial charge < -0.3 is 14.2 Å². The number of ether oxygens (including phenoxy) is 3. The molecule has 0 N–H and O–H groups in total. The third-order valence-electron chi connectivity index (χ3n) is 4.14. The van der Waals surface area contributed by atoms with Crippen molar-refractivity contribution in [2.75, 3.05) is 13.2 Å². The number of hydrogen-bond acceptors (Lipinski definition) is 4. The third kappa shape index (κ3) is 7.70. The molecule has 4 heteroatoms. The molecule has 148 valence electrons. The third-order valence-corrected chi connectivity index (χ3v) is 4.14. The summed E-state index contributed by atoms with van der Waals surface area (Å²) in [5.41, 5.74) is 1.63. The molecule has 0 heterocycles. The smallest absolute Gasteiger partial charge is 0.343 e. The highest BCUT2D eigenvalue weighted by Crippen LogP contribution is 2.19. The molecule has 2 aromatic rings. The predicted molar refractivity (Wildman–Crippen MR) is 112 cm³/mol. The summed E-state index contributed by atoms with van der Waals surface area (Å²) in [4.78, 5) is 12.1. The SMILES string of the molecule is C=CC(=C)OCCCCCCOc1ccc(OC(=O)c2ccc(C)cc2)cc1. The fourth-order valence-corrected chi connectivity index (χ4v) is 2.47. The standard InChI is InChI=1S/C24H28O4/c1-4-20(3)26-17-7-5-6-8-18-27-22-13-15-23(16-14-22)28-24(25)21-11-9-19(2)10-12-21/h4,9-16H,1,3,5-8,17-18H2,2H3. The molecule has 2 aromatic carbocycles. The van der Waals surface area contributed by atoms with Crippen molar-refractivity contribution >= 4 is 5.97 Å². The summed E-state index contributed by atoms with van der Waals surface area (Å²) in [6.45, 7) is 10.6. The number of aryl methyl sites for hydroxylation is 1. The zero-order valence-electron chi connectivity index (χ0n) is 16.5. The molecule has 0 atom stereocenters. The molecule has 2 rings (SSSR count). The van der Waals surface area contributed by atoms with Gasteiger partial charge >= 0.3 is 5.97 Å². The Morgan fingerprint density at radius 2 is 1.50 bits per heavy atom. The van der Waals surface area contributed by atoms with E-state index in [9.17, 15) is 4.79 Å². The number of allylic oxidation sites excluding steroid dienone is 1. The molecule has 0 aliphatic carbocycles. The molecule has 28 heavy (non-hydrogen) atoms. The second-order valence-electron chi connectivity index (χ2n) is 6.51. The van der Waals surface area contributed by atoms with E-state index >= 15 is 0 Å². The molecular formula is C24H28O4. The Morgan fingerprint density at radius 1 is 0.893 bits per heavy atom. The average molecular weight is 380 g/mol. The molecule has 0 spiro atoms. The van der Waals surface area contributed by atoms with E-state index in [4.69, 9.17) is 14.2 Å². The van der Waals surface area contributed by atoms with Gasteiger partial charge in [-0.25, -0.2) is 4.79 Å². The number of hydrogen-bond donors (Lipinski definition) is 0. The first-order valence-corrected chi connectivity index (χ1v) is 9.54. The summed E-state index contributed by atoms with van der Waals surface area (Å²) in [7, 11) is 0. The van der Waals surface area contributed by atoms with Crippen molar-refractivity contribution in [3.8, 4) is 11.5 Å². The van der Waals surface area contributed by atoms with Crippen molar-refractivity contribution in [3.63, 3.8) is 0 Å². The van der Waals surface area contributed by atoms with Gasteiger partial charge in [0.05, 0.1) is 18.8 Å². The highest BCUT2D eigenvalue weighted by atomic mass is 16.5. The van der Waals surface area contributed by atoms with Gasteiger partial charge in [-0.05, 0) is 75.1 Å². The Balaban J connectivity index is 1.63. The van der Waals surface area contributed by atoms with E-state index in [2.05, 4.69) is 13.2 Å². The summed E-state index contributed by atoms with van der Waals surface area (Å²) in [6, 6.07) is 14.4. The van der Waals surface area contributed by atoms with Crippen LogP contribution in [0.25, 0.3) is 0 Å². The number of carbonyl (C=O) groups excluding carboxylic acids is 1. The summed E-state index contributed by atoms with van der Waals surface area (Å²) in [5, 5.41) is 0. The van der Waals surface area contributed by atoms with Crippen molar-refractivity contribution in [3.05, 3.63) is 84.7 Å². The van der Waals surface area contributed by atoms with E-state index in [-0.39, 0.29) is 5.97 Å². The van der Waals surface area contributed by atoms with Crippen LogP contribution in [-0.2, 0) is 4.74 Å². The van der Waals surface area contributed by atoms with Crippen LogP contribution < -0.4 is 9.47 Å². The molecular weight excluding hydrogens is 352 g/mol. The summed E-state index contributed by atoms with van der Waals surface area (Å²) in [5.74, 6) is 1.52. The monoisotopic (exact) mass is 380 g/mol. The number of carbonyl (C=O) groups is 1. The van der Waals surface area contributed by atoms with Crippen LogP contribution in [-0.4, -0.2) is 19.2 Å². The molecule has 0 aliphatic heterocycles. The first kappa shape index (κ1) is 21.3. The van der Waals surface area contributed by atoms with Crippen LogP contribution in [0.15, 0.2) is 73.5 Å². The van der Waals surface area contributed by atoms with E-state index < -0.39 is 0 Å². The Labute approximate surface area is 167 Å². The lowest BCUT2D eigenvalue weighted by molar-refractivity contribution is 0.0734. The Morgan fingerprint density at radius 3 is 2.14 bits per heavy atom. The van der Waals surface area contributed by atoms with Crippen LogP contribution in [0.4, 0.5) is 0 Å². The molecule has 0 aromatic heterocycles. The quantitative estimate of drug-likeness (QED) is 0.152. The first-order chi connectivity index (χ1) is 13.6. The molecule has 0 aliphatic rings. The van der Waals surface area contributed by atoms with Gasteiger partial charge in [-0.15, -0.1) is 0 Å². The van der Waals surface area contributed by atoms with Gasteiger partial charge in [0.1, 0.15) is 17.3 Å². The van der Waals surface area contributed by atoms with Crippen LogP contribution in [0, 0.1) is 6.92 Å². The van der Waals surface area contributed by atoms with Crippen molar-refractivity contribution < 1.29 is 19.0 Å². The van der Waals surface area contributed by atoms with E-state index in [0.29, 0.717) is 30.3 Å². The lowest BCUT2D eigenvalue weighted by atomic mass is 10.1. The number of rotatable bonds is 12. The molecule has 0 saturated heterocycles. The van der Waals surface area contributed by atoms with Crippen molar-refractivity contribution in [2.24, 2.45) is 0 Å². The van der Waals surface area contributed by atoms with Gasteiger partial charge in [-0.3, -0.25) is 0 Å². The van der Waals surface area contributed by atoms with Gasteiger partial charge in [0.2, 0.25) is 0 Å². The summed E-state index contributed by atoms with van der Waals surface area (Å²) < 4.78 is 16.5. The van der Waals surface area contributed by atoms with E-state index in [1.807, 2.05) is 31.2 Å². The van der Waals surface area contributed by atoms with Crippen molar-refractivity contribution in [2.45, 2.75) is 32.6 Å². The minimum Gasteiger partial charge on any atom is -0.494 e. The number of unbranched alkanes of at least 4 members (excludes halogenated alkanes) is 3. The fraction of sp³-hybridized carbons (Fsp3) is 0.292. The van der Waals surface area contributed by atoms with Gasteiger partial charge in [0.15, 0.2) is 0 Å². The van der Waals surface area contributed by atoms with Gasteiger partial charge in [-0.1, -0.05) is 30.9 Å².